The highest BCUT2D eigenvalue weighted by Gasteiger charge is 2.14. The maximum Gasteiger partial charge on any atom is 0.358 e. The molecule has 1 N–H and O–H groups in total. The van der Waals surface area contributed by atoms with E-state index in [-0.39, 0.29) is 12.3 Å². The molecule has 2 aromatic rings. The summed E-state index contributed by atoms with van der Waals surface area (Å²) in [6.45, 7) is 6.27. The van der Waals surface area contributed by atoms with Gasteiger partial charge in [0.25, 0.3) is 0 Å². The Labute approximate surface area is 145 Å². The molecule has 6 nitrogen and oxygen atoms in total. The summed E-state index contributed by atoms with van der Waals surface area (Å²) < 4.78 is 15.9. The maximum atomic E-state index is 12.1. The summed E-state index contributed by atoms with van der Waals surface area (Å²) in [5.41, 5.74) is 2.08. The molecule has 1 heterocycles. The number of methoxy groups -OCH3 is 2. The number of nitrogens with one attached hydrogen (secondary N) is 1. The molecule has 0 aliphatic heterocycles. The van der Waals surface area contributed by atoms with Crippen molar-refractivity contribution in [1.82, 2.24) is 4.98 Å². The van der Waals surface area contributed by atoms with Crippen LogP contribution in [0.5, 0.6) is 11.5 Å². The number of anilines is 1. The number of carbonyl (C=O) groups is 1. The molecule has 7 heteroatoms. The molecule has 0 fully saturated rings. The molecule has 0 unspecified atom stereocenters. The van der Waals surface area contributed by atoms with Crippen LogP contribution in [0.25, 0.3) is 0 Å². The normalized spacial score (nSPS) is 10.1. The first-order valence-corrected chi connectivity index (χ1v) is 8.16. The monoisotopic (exact) mass is 348 g/mol. The van der Waals surface area contributed by atoms with Gasteiger partial charge in [0.1, 0.15) is 6.61 Å². The van der Waals surface area contributed by atoms with Gasteiger partial charge in [-0.3, -0.25) is 0 Å². The summed E-state index contributed by atoms with van der Waals surface area (Å²) in [6, 6.07) is 3.65. The van der Waals surface area contributed by atoms with Crippen molar-refractivity contribution in [3.63, 3.8) is 0 Å². The number of rotatable bonds is 8. The lowest BCUT2D eigenvalue weighted by molar-refractivity contribution is 0.0466. The van der Waals surface area contributed by atoms with Gasteiger partial charge in [-0.1, -0.05) is 6.08 Å². The zero-order valence-electron chi connectivity index (χ0n) is 13.9. The molecule has 2 rings (SSSR count). The van der Waals surface area contributed by atoms with E-state index in [2.05, 4.69) is 16.9 Å². The molecule has 24 heavy (non-hydrogen) atoms. The highest BCUT2D eigenvalue weighted by molar-refractivity contribution is 7.13. The van der Waals surface area contributed by atoms with Gasteiger partial charge in [-0.25, -0.2) is 9.78 Å². The van der Waals surface area contributed by atoms with Gasteiger partial charge in [0.2, 0.25) is 0 Å². The highest BCUT2D eigenvalue weighted by Crippen LogP contribution is 2.30. The summed E-state index contributed by atoms with van der Waals surface area (Å²) in [6.07, 6.45) is 1.72. The Balaban J connectivity index is 2.03. The quantitative estimate of drug-likeness (QED) is 0.582. The molecule has 0 bridgehead atoms. The third-order valence-electron chi connectivity index (χ3n) is 3.31. The Morgan fingerprint density at radius 2 is 2.04 bits per heavy atom. The average molecular weight is 348 g/mol. The number of benzene rings is 1. The minimum atomic E-state index is -0.466. The van der Waals surface area contributed by atoms with E-state index in [0.717, 1.165) is 11.1 Å². The van der Waals surface area contributed by atoms with Gasteiger partial charge in [0, 0.05) is 11.9 Å². The summed E-state index contributed by atoms with van der Waals surface area (Å²) in [7, 11) is 3.15. The number of aryl methyl sites for hydroxylation is 1. The van der Waals surface area contributed by atoms with Crippen molar-refractivity contribution in [3.05, 3.63) is 47.0 Å². The van der Waals surface area contributed by atoms with E-state index < -0.39 is 5.97 Å². The number of thiazole rings is 1. The number of carbonyl (C=O) groups excluding carboxylic acids is 1. The molecule has 0 aliphatic rings. The number of hydrogen-bond acceptors (Lipinski definition) is 7. The van der Waals surface area contributed by atoms with Gasteiger partial charge in [0.05, 0.1) is 14.2 Å². The van der Waals surface area contributed by atoms with Gasteiger partial charge >= 0.3 is 5.97 Å². The second-order valence-electron chi connectivity index (χ2n) is 4.92. The van der Waals surface area contributed by atoms with Crippen molar-refractivity contribution >= 4 is 22.4 Å². The molecular weight excluding hydrogens is 328 g/mol. The Morgan fingerprint density at radius 1 is 1.33 bits per heavy atom. The minimum absolute atomic E-state index is 0.137. The third-order valence-corrected chi connectivity index (χ3v) is 4.11. The number of nitrogens with zero attached hydrogens (tertiary/aromatic N) is 1. The highest BCUT2D eigenvalue weighted by atomic mass is 32.1. The lowest BCUT2D eigenvalue weighted by atomic mass is 10.1. The second kappa shape index (κ2) is 8.35. The van der Waals surface area contributed by atoms with Crippen LogP contribution in [-0.4, -0.2) is 31.7 Å². The first kappa shape index (κ1) is 17.8. The summed E-state index contributed by atoms with van der Waals surface area (Å²) in [4.78, 5) is 16.3. The summed E-state index contributed by atoms with van der Waals surface area (Å²) in [5, 5.41) is 5.35. The van der Waals surface area contributed by atoms with Gasteiger partial charge in [-0.05, 0) is 30.2 Å². The van der Waals surface area contributed by atoms with E-state index >= 15 is 0 Å². The van der Waals surface area contributed by atoms with Crippen LogP contribution >= 0.6 is 11.3 Å². The molecule has 0 saturated heterocycles. The van der Waals surface area contributed by atoms with Gasteiger partial charge in [-0.2, -0.15) is 0 Å². The third kappa shape index (κ3) is 4.26. The predicted octanol–water partition coefficient (Wildman–Crippen LogP) is 3.42. The smallest absolute Gasteiger partial charge is 0.358 e. The fourth-order valence-corrected chi connectivity index (χ4v) is 2.69. The Hall–Kier alpha value is -2.54. The lowest BCUT2D eigenvalue weighted by Gasteiger charge is -2.12. The van der Waals surface area contributed by atoms with E-state index in [1.807, 2.05) is 13.0 Å². The fraction of sp³-hybridized carbons (Fsp3) is 0.294. The number of esters is 1. The second-order valence-corrected chi connectivity index (χ2v) is 5.78. The van der Waals surface area contributed by atoms with Crippen LogP contribution in [0.3, 0.4) is 0 Å². The Morgan fingerprint density at radius 3 is 2.71 bits per heavy atom. The number of ether oxygens (including phenoxy) is 3. The number of aromatic nitrogens is 1. The Kier molecular flexibility index (Phi) is 6.20. The topological polar surface area (TPSA) is 69.7 Å². The van der Waals surface area contributed by atoms with Crippen LogP contribution in [-0.2, 0) is 11.3 Å². The predicted molar refractivity (Wildman–Crippen MR) is 94.2 cm³/mol. The molecule has 0 saturated carbocycles. The van der Waals surface area contributed by atoms with Crippen LogP contribution in [0.2, 0.25) is 0 Å². The molecule has 0 radical (unpaired) electrons. The first-order chi connectivity index (χ1) is 11.6. The van der Waals surface area contributed by atoms with E-state index in [1.165, 1.54) is 11.3 Å². The zero-order valence-corrected chi connectivity index (χ0v) is 14.7. The fourth-order valence-electron chi connectivity index (χ4n) is 2.00. The average Bonchev–Trinajstić information content (AvgIpc) is 3.07. The minimum Gasteiger partial charge on any atom is -0.493 e. The lowest BCUT2D eigenvalue weighted by Crippen LogP contribution is -2.07. The van der Waals surface area contributed by atoms with Crippen LogP contribution in [0.4, 0.5) is 5.13 Å². The molecule has 1 aromatic heterocycles. The van der Waals surface area contributed by atoms with Gasteiger partial charge < -0.3 is 19.5 Å². The Bertz CT molecular complexity index is 727. The van der Waals surface area contributed by atoms with Crippen molar-refractivity contribution in [1.29, 1.82) is 0 Å². The molecule has 128 valence electrons. The van der Waals surface area contributed by atoms with Crippen LogP contribution in [0.1, 0.15) is 21.6 Å². The SMILES string of the molecule is C=CCNc1nc(C(=O)OCc2cc(OC)c(OC)cc2C)cs1. The van der Waals surface area contributed by atoms with E-state index in [1.54, 1.807) is 31.7 Å². The largest absolute Gasteiger partial charge is 0.493 e. The van der Waals surface area contributed by atoms with Crippen molar-refractivity contribution in [2.45, 2.75) is 13.5 Å². The van der Waals surface area contributed by atoms with Crippen molar-refractivity contribution in [3.8, 4) is 11.5 Å². The standard InChI is InChI=1S/C17H20N2O4S/c1-5-6-18-17-19-13(10-24-17)16(20)23-9-12-8-15(22-4)14(21-3)7-11(12)2/h5,7-8,10H,1,6,9H2,2-4H3,(H,18,19). The summed E-state index contributed by atoms with van der Waals surface area (Å²) >= 11 is 1.35. The van der Waals surface area contributed by atoms with Gasteiger partial charge in [-0.15, -0.1) is 17.9 Å². The molecular formula is C17H20N2O4S. The van der Waals surface area contributed by atoms with Crippen LogP contribution < -0.4 is 14.8 Å². The number of hydrogen-bond donors (Lipinski definition) is 1. The molecule has 0 amide bonds. The molecule has 1 aromatic carbocycles. The molecule has 0 spiro atoms. The maximum absolute atomic E-state index is 12.1. The van der Waals surface area contributed by atoms with Crippen molar-refractivity contribution in [2.24, 2.45) is 0 Å². The zero-order chi connectivity index (χ0) is 17.5. The first-order valence-electron chi connectivity index (χ1n) is 7.28. The van der Waals surface area contributed by atoms with E-state index in [0.29, 0.717) is 23.2 Å². The van der Waals surface area contributed by atoms with Gasteiger partial charge in [0.15, 0.2) is 22.3 Å². The van der Waals surface area contributed by atoms with Crippen LogP contribution in [0, 0.1) is 6.92 Å². The molecule has 0 aliphatic carbocycles. The molecule has 0 atom stereocenters. The van der Waals surface area contributed by atoms with Crippen molar-refractivity contribution < 1.29 is 19.0 Å². The summed E-state index contributed by atoms with van der Waals surface area (Å²) in [5.74, 6) is 0.772. The van der Waals surface area contributed by atoms with E-state index in [4.69, 9.17) is 14.2 Å². The van der Waals surface area contributed by atoms with E-state index in [9.17, 15) is 4.79 Å². The van der Waals surface area contributed by atoms with Crippen molar-refractivity contribution in [2.75, 3.05) is 26.1 Å². The van der Waals surface area contributed by atoms with Crippen LogP contribution in [0.15, 0.2) is 30.2 Å².